The van der Waals surface area contributed by atoms with Crippen LogP contribution in [0.2, 0.25) is 0 Å². The molecule has 4 heteroatoms. The summed E-state index contributed by atoms with van der Waals surface area (Å²) in [6.07, 6.45) is 24.9. The smallest absolute Gasteiger partial charge is 0.307 e. The Morgan fingerprint density at radius 3 is 1.73 bits per heavy atom. The molecule has 30 heavy (non-hydrogen) atoms. The first-order valence-electron chi connectivity index (χ1n) is 12.6. The van der Waals surface area contributed by atoms with Crippen LogP contribution in [0.25, 0.3) is 0 Å². The average molecular weight is 425 g/mol. The maximum Gasteiger partial charge on any atom is 0.307 e. The van der Waals surface area contributed by atoms with Crippen LogP contribution in [0.1, 0.15) is 129 Å². The van der Waals surface area contributed by atoms with Crippen LogP contribution in [-0.2, 0) is 14.3 Å². The molecule has 0 saturated carbocycles. The quantitative estimate of drug-likeness (QED) is 0.109. The van der Waals surface area contributed by atoms with E-state index >= 15 is 0 Å². The molecule has 176 valence electrons. The van der Waals surface area contributed by atoms with Gasteiger partial charge in [-0.25, -0.2) is 0 Å². The highest BCUT2D eigenvalue weighted by Crippen LogP contribution is 2.16. The third kappa shape index (κ3) is 20.0. The molecule has 0 rings (SSSR count). The van der Waals surface area contributed by atoms with Crippen molar-refractivity contribution in [1.29, 1.82) is 0 Å². The number of allylic oxidation sites excluding steroid dienone is 2. The SMILES string of the molecule is CCCCCCCCCCCCC/C=C/CCCCC(CC(=O)OCCC)C(=O)O. The molecular formula is C26H48O4. The van der Waals surface area contributed by atoms with Crippen LogP contribution in [0.15, 0.2) is 12.2 Å². The number of carboxylic acids is 1. The van der Waals surface area contributed by atoms with E-state index in [9.17, 15) is 14.7 Å². The van der Waals surface area contributed by atoms with E-state index in [1.807, 2.05) is 6.92 Å². The second-order valence-electron chi connectivity index (χ2n) is 8.54. The summed E-state index contributed by atoms with van der Waals surface area (Å²) < 4.78 is 5.00. The van der Waals surface area contributed by atoms with Crippen LogP contribution in [-0.4, -0.2) is 23.7 Å². The van der Waals surface area contributed by atoms with Gasteiger partial charge in [0.25, 0.3) is 0 Å². The molecule has 0 amide bonds. The maximum absolute atomic E-state index is 11.6. The normalized spacial score (nSPS) is 12.3. The van der Waals surface area contributed by atoms with Crippen LogP contribution in [0.3, 0.4) is 0 Å². The van der Waals surface area contributed by atoms with Crippen molar-refractivity contribution in [2.45, 2.75) is 129 Å². The second kappa shape index (κ2) is 22.4. The number of carbonyl (C=O) groups excluding carboxylic acids is 1. The monoisotopic (exact) mass is 424 g/mol. The van der Waals surface area contributed by atoms with Gasteiger partial charge in [0.05, 0.1) is 18.9 Å². The molecule has 0 aromatic carbocycles. The van der Waals surface area contributed by atoms with Crippen LogP contribution in [0.5, 0.6) is 0 Å². The van der Waals surface area contributed by atoms with Gasteiger partial charge in [0, 0.05) is 0 Å². The molecule has 0 heterocycles. The Morgan fingerprint density at radius 1 is 0.733 bits per heavy atom. The summed E-state index contributed by atoms with van der Waals surface area (Å²) in [6, 6.07) is 0. The van der Waals surface area contributed by atoms with Gasteiger partial charge in [0.15, 0.2) is 0 Å². The Morgan fingerprint density at radius 2 is 1.23 bits per heavy atom. The number of rotatable bonds is 22. The zero-order valence-corrected chi connectivity index (χ0v) is 19.8. The lowest BCUT2D eigenvalue weighted by Gasteiger charge is -2.11. The highest BCUT2D eigenvalue weighted by atomic mass is 16.5. The van der Waals surface area contributed by atoms with Crippen molar-refractivity contribution in [3.63, 3.8) is 0 Å². The molecule has 4 nitrogen and oxygen atoms in total. The largest absolute Gasteiger partial charge is 0.481 e. The maximum atomic E-state index is 11.6. The summed E-state index contributed by atoms with van der Waals surface area (Å²) in [5.74, 6) is -1.90. The summed E-state index contributed by atoms with van der Waals surface area (Å²) in [4.78, 5) is 22.9. The summed E-state index contributed by atoms with van der Waals surface area (Å²) in [7, 11) is 0. The summed E-state index contributed by atoms with van der Waals surface area (Å²) in [5, 5.41) is 9.26. The van der Waals surface area contributed by atoms with Crippen molar-refractivity contribution in [2.75, 3.05) is 6.61 Å². The van der Waals surface area contributed by atoms with Crippen molar-refractivity contribution in [1.82, 2.24) is 0 Å². The van der Waals surface area contributed by atoms with Gasteiger partial charge >= 0.3 is 11.9 Å². The van der Waals surface area contributed by atoms with E-state index in [1.54, 1.807) is 0 Å². The predicted octanol–water partition coefficient (Wildman–Crippen LogP) is 7.85. The molecule has 0 aromatic rings. The Balaban J connectivity index is 3.50. The lowest BCUT2D eigenvalue weighted by atomic mass is 9.98. The van der Waals surface area contributed by atoms with Gasteiger partial charge < -0.3 is 9.84 Å². The van der Waals surface area contributed by atoms with Gasteiger partial charge in [-0.05, 0) is 38.5 Å². The van der Waals surface area contributed by atoms with E-state index < -0.39 is 17.9 Å². The van der Waals surface area contributed by atoms with Gasteiger partial charge in [-0.1, -0.05) is 96.6 Å². The number of aliphatic carboxylic acids is 1. The summed E-state index contributed by atoms with van der Waals surface area (Å²) >= 11 is 0. The topological polar surface area (TPSA) is 63.6 Å². The minimum Gasteiger partial charge on any atom is -0.481 e. The Labute approximate surface area is 185 Å². The fourth-order valence-electron chi connectivity index (χ4n) is 3.60. The average Bonchev–Trinajstić information content (AvgIpc) is 2.73. The van der Waals surface area contributed by atoms with Crippen molar-refractivity contribution in [2.24, 2.45) is 5.92 Å². The zero-order chi connectivity index (χ0) is 22.3. The third-order valence-corrected chi connectivity index (χ3v) is 5.54. The van der Waals surface area contributed by atoms with Gasteiger partial charge in [-0.2, -0.15) is 0 Å². The molecule has 1 atom stereocenters. The van der Waals surface area contributed by atoms with Gasteiger partial charge in [0.2, 0.25) is 0 Å². The molecular weight excluding hydrogens is 376 g/mol. The van der Waals surface area contributed by atoms with Crippen LogP contribution in [0, 0.1) is 5.92 Å². The Hall–Kier alpha value is -1.32. The molecule has 0 spiro atoms. The number of carbonyl (C=O) groups is 2. The molecule has 0 aliphatic heterocycles. The number of ether oxygens (including phenoxy) is 1. The molecule has 0 aliphatic rings. The van der Waals surface area contributed by atoms with E-state index in [0.29, 0.717) is 13.0 Å². The van der Waals surface area contributed by atoms with Crippen molar-refractivity contribution in [3.05, 3.63) is 12.2 Å². The van der Waals surface area contributed by atoms with Gasteiger partial charge in [-0.15, -0.1) is 0 Å². The molecule has 0 saturated heterocycles. The first kappa shape index (κ1) is 28.7. The minimum atomic E-state index is -0.893. The third-order valence-electron chi connectivity index (χ3n) is 5.54. The Kier molecular flexibility index (Phi) is 21.4. The van der Waals surface area contributed by atoms with Crippen molar-refractivity contribution >= 4 is 11.9 Å². The van der Waals surface area contributed by atoms with Gasteiger partial charge in [-0.3, -0.25) is 9.59 Å². The predicted molar refractivity (Wildman–Crippen MR) is 126 cm³/mol. The summed E-state index contributed by atoms with van der Waals surface area (Å²) in [5.41, 5.74) is 0. The number of esters is 1. The minimum absolute atomic E-state index is 0.00989. The molecule has 1 N–H and O–H groups in total. The highest BCUT2D eigenvalue weighted by Gasteiger charge is 2.21. The van der Waals surface area contributed by atoms with Gasteiger partial charge in [0.1, 0.15) is 0 Å². The first-order valence-corrected chi connectivity index (χ1v) is 12.6. The molecule has 0 fully saturated rings. The van der Waals surface area contributed by atoms with E-state index in [-0.39, 0.29) is 6.42 Å². The van der Waals surface area contributed by atoms with E-state index in [0.717, 1.165) is 32.1 Å². The lowest BCUT2D eigenvalue weighted by molar-refractivity contribution is -0.151. The van der Waals surface area contributed by atoms with Crippen LogP contribution in [0.4, 0.5) is 0 Å². The highest BCUT2D eigenvalue weighted by molar-refractivity contribution is 5.78. The van der Waals surface area contributed by atoms with Crippen molar-refractivity contribution in [3.8, 4) is 0 Å². The first-order chi connectivity index (χ1) is 14.6. The van der Waals surface area contributed by atoms with E-state index in [4.69, 9.17) is 4.74 Å². The van der Waals surface area contributed by atoms with E-state index in [2.05, 4.69) is 19.1 Å². The molecule has 0 aromatic heterocycles. The standard InChI is InChI=1S/C26H48O4/c1-3-5-6-7-8-9-10-11-12-13-14-15-16-17-18-19-20-21-24(26(28)29)23-25(27)30-22-4-2/h16-17,24H,3-15,18-23H2,1-2H3,(H,28,29)/b17-16+. The Bertz CT molecular complexity index is 431. The lowest BCUT2D eigenvalue weighted by Crippen LogP contribution is -2.19. The van der Waals surface area contributed by atoms with E-state index in [1.165, 1.54) is 70.6 Å². The van der Waals surface area contributed by atoms with Crippen molar-refractivity contribution < 1.29 is 19.4 Å². The summed E-state index contributed by atoms with van der Waals surface area (Å²) in [6.45, 7) is 4.56. The fraction of sp³-hybridized carbons (Fsp3) is 0.846. The van der Waals surface area contributed by atoms with Crippen LogP contribution < -0.4 is 0 Å². The molecule has 1 unspecified atom stereocenters. The molecule has 0 radical (unpaired) electrons. The molecule has 0 bridgehead atoms. The zero-order valence-electron chi connectivity index (χ0n) is 19.8. The molecule has 0 aliphatic carbocycles. The fourth-order valence-corrected chi connectivity index (χ4v) is 3.60. The number of hydrogen-bond acceptors (Lipinski definition) is 3. The van der Waals surface area contributed by atoms with Crippen LogP contribution >= 0.6 is 0 Å². The number of carboxylic acid groups (broad SMARTS) is 1. The number of unbranched alkanes of at least 4 members (excludes halogenated alkanes) is 13. The second-order valence-corrected chi connectivity index (χ2v) is 8.54. The number of hydrogen-bond donors (Lipinski definition) is 1.